The van der Waals surface area contributed by atoms with Crippen molar-refractivity contribution in [2.45, 2.75) is 32.4 Å². The molecule has 0 aliphatic carbocycles. The van der Waals surface area contributed by atoms with Crippen molar-refractivity contribution in [1.29, 1.82) is 5.26 Å². The minimum atomic E-state index is -0.622. The predicted octanol–water partition coefficient (Wildman–Crippen LogP) is 1.31. The van der Waals surface area contributed by atoms with Gasteiger partial charge in [0, 0.05) is 6.54 Å². The highest BCUT2D eigenvalue weighted by molar-refractivity contribution is 5.82. The second-order valence-corrected chi connectivity index (χ2v) is 5.28. The van der Waals surface area contributed by atoms with Gasteiger partial charge < -0.3 is 20.7 Å². The van der Waals surface area contributed by atoms with Crippen molar-refractivity contribution < 1.29 is 14.3 Å². The molecule has 1 atom stereocenters. The molecule has 3 N–H and O–H groups in total. The van der Waals surface area contributed by atoms with Gasteiger partial charge in [0.25, 0.3) is 0 Å². The van der Waals surface area contributed by atoms with Crippen LogP contribution < -0.4 is 16.0 Å². The van der Waals surface area contributed by atoms with Gasteiger partial charge in [-0.2, -0.15) is 5.26 Å². The van der Waals surface area contributed by atoms with Gasteiger partial charge in [-0.3, -0.25) is 4.79 Å². The molecule has 1 aromatic carbocycles. The molecule has 1 unspecified atom stereocenters. The van der Waals surface area contributed by atoms with Crippen LogP contribution in [0.25, 0.3) is 0 Å². The van der Waals surface area contributed by atoms with Crippen molar-refractivity contribution in [3.05, 3.63) is 35.9 Å². The molecule has 0 saturated heterocycles. The Bertz CT molecular complexity index is 543. The fourth-order valence-corrected chi connectivity index (χ4v) is 1.83. The van der Waals surface area contributed by atoms with Gasteiger partial charge in [0.1, 0.15) is 6.61 Å². The number of benzene rings is 1. The Balaban J connectivity index is 2.01. The fourth-order valence-electron chi connectivity index (χ4n) is 1.83. The molecular formula is C17H24N4O3. The molecule has 0 radical (unpaired) electrons. The molecule has 0 bridgehead atoms. The van der Waals surface area contributed by atoms with E-state index in [9.17, 15) is 9.59 Å². The lowest BCUT2D eigenvalue weighted by atomic mass is 10.2. The number of unbranched alkanes of at least 4 members (excludes halogenated alkanes) is 1. The number of nitrogens with one attached hydrogen (secondary N) is 3. The average Bonchev–Trinajstić information content (AvgIpc) is 2.61. The van der Waals surface area contributed by atoms with E-state index in [2.05, 4.69) is 22.0 Å². The van der Waals surface area contributed by atoms with Crippen molar-refractivity contribution in [1.82, 2.24) is 16.0 Å². The van der Waals surface area contributed by atoms with Gasteiger partial charge in [-0.05, 0) is 31.9 Å². The van der Waals surface area contributed by atoms with Crippen molar-refractivity contribution in [3.63, 3.8) is 0 Å². The predicted molar refractivity (Wildman–Crippen MR) is 90.0 cm³/mol. The van der Waals surface area contributed by atoms with E-state index >= 15 is 0 Å². The normalized spacial score (nSPS) is 11.2. The van der Waals surface area contributed by atoms with Gasteiger partial charge in [0.05, 0.1) is 18.7 Å². The minimum absolute atomic E-state index is 0.114. The van der Waals surface area contributed by atoms with Gasteiger partial charge in [-0.1, -0.05) is 30.3 Å². The third kappa shape index (κ3) is 9.43. The average molecular weight is 332 g/mol. The molecule has 0 aliphatic heterocycles. The highest BCUT2D eigenvalue weighted by atomic mass is 16.5. The molecule has 0 aliphatic rings. The summed E-state index contributed by atoms with van der Waals surface area (Å²) in [7, 11) is 0. The lowest BCUT2D eigenvalue weighted by Gasteiger charge is -2.08. The standard InChI is InChI=1S/C17H24N4O3/c1-14(11-18)19-9-5-6-10-20-16(22)12-21-17(23)24-13-15-7-3-2-4-8-15/h2-4,7-8,14,19H,5-6,9-10,12-13H2,1H3,(H,20,22)(H,21,23). The number of nitriles is 1. The van der Waals surface area contributed by atoms with Gasteiger partial charge >= 0.3 is 6.09 Å². The summed E-state index contributed by atoms with van der Waals surface area (Å²) in [4.78, 5) is 23.0. The minimum Gasteiger partial charge on any atom is -0.445 e. The second-order valence-electron chi connectivity index (χ2n) is 5.28. The zero-order valence-electron chi connectivity index (χ0n) is 13.9. The Kier molecular flexibility index (Phi) is 9.65. The van der Waals surface area contributed by atoms with Crippen LogP contribution in [0.4, 0.5) is 4.79 Å². The molecule has 1 aromatic rings. The van der Waals surface area contributed by atoms with Crippen molar-refractivity contribution in [3.8, 4) is 6.07 Å². The fraction of sp³-hybridized carbons (Fsp3) is 0.471. The Morgan fingerprint density at radius 1 is 1.17 bits per heavy atom. The van der Waals surface area contributed by atoms with E-state index in [1.165, 1.54) is 0 Å². The molecule has 0 spiro atoms. The summed E-state index contributed by atoms with van der Waals surface area (Å²) in [5.74, 6) is -0.259. The summed E-state index contributed by atoms with van der Waals surface area (Å²) in [6, 6.07) is 11.2. The number of hydrogen-bond acceptors (Lipinski definition) is 5. The van der Waals surface area contributed by atoms with E-state index < -0.39 is 6.09 Å². The molecule has 2 amide bonds. The smallest absolute Gasteiger partial charge is 0.407 e. The monoisotopic (exact) mass is 332 g/mol. The Labute approximate surface area is 142 Å². The van der Waals surface area contributed by atoms with Crippen molar-refractivity contribution in [2.75, 3.05) is 19.6 Å². The molecule has 0 saturated carbocycles. The number of ether oxygens (including phenoxy) is 1. The highest BCUT2D eigenvalue weighted by Gasteiger charge is 2.06. The number of carbonyl (C=O) groups excluding carboxylic acids is 2. The Hall–Kier alpha value is -2.59. The third-order valence-electron chi connectivity index (χ3n) is 3.18. The lowest BCUT2D eigenvalue weighted by molar-refractivity contribution is -0.120. The number of alkyl carbamates (subject to hydrolysis) is 1. The quantitative estimate of drug-likeness (QED) is 0.561. The summed E-state index contributed by atoms with van der Waals surface area (Å²) in [6.07, 6.45) is 1.04. The zero-order chi connectivity index (χ0) is 17.6. The summed E-state index contributed by atoms with van der Waals surface area (Å²) in [6.45, 7) is 3.11. The molecule has 0 fully saturated rings. The summed E-state index contributed by atoms with van der Waals surface area (Å²) < 4.78 is 5.00. The Morgan fingerprint density at radius 3 is 2.58 bits per heavy atom. The molecule has 7 nitrogen and oxygen atoms in total. The second kappa shape index (κ2) is 11.9. The van der Waals surface area contributed by atoms with Crippen LogP contribution in [0.2, 0.25) is 0 Å². The molecule has 0 aromatic heterocycles. The number of carbonyl (C=O) groups is 2. The maximum absolute atomic E-state index is 11.6. The van der Waals surface area contributed by atoms with Crippen LogP contribution >= 0.6 is 0 Å². The van der Waals surface area contributed by atoms with E-state index in [0.717, 1.165) is 24.9 Å². The van der Waals surface area contributed by atoms with Crippen LogP contribution in [0.3, 0.4) is 0 Å². The zero-order valence-corrected chi connectivity index (χ0v) is 13.9. The summed E-state index contributed by atoms with van der Waals surface area (Å²) in [5, 5.41) is 16.8. The first-order valence-electron chi connectivity index (χ1n) is 7.96. The van der Waals surface area contributed by atoms with E-state index in [-0.39, 0.29) is 25.1 Å². The van der Waals surface area contributed by atoms with Crippen LogP contribution in [0.15, 0.2) is 30.3 Å². The maximum atomic E-state index is 11.6. The van der Waals surface area contributed by atoms with E-state index in [1.54, 1.807) is 6.92 Å². The number of nitrogens with zero attached hydrogens (tertiary/aromatic N) is 1. The van der Waals surface area contributed by atoms with Gasteiger partial charge in [-0.15, -0.1) is 0 Å². The molecular weight excluding hydrogens is 308 g/mol. The van der Waals surface area contributed by atoms with Gasteiger partial charge in [-0.25, -0.2) is 4.79 Å². The van der Waals surface area contributed by atoms with Crippen LogP contribution in [0.5, 0.6) is 0 Å². The molecule has 7 heteroatoms. The highest BCUT2D eigenvalue weighted by Crippen LogP contribution is 2.00. The largest absolute Gasteiger partial charge is 0.445 e. The first-order chi connectivity index (χ1) is 11.6. The number of amides is 2. The maximum Gasteiger partial charge on any atom is 0.407 e. The Morgan fingerprint density at radius 2 is 1.88 bits per heavy atom. The van der Waals surface area contributed by atoms with Gasteiger partial charge in [0.2, 0.25) is 5.91 Å². The van der Waals surface area contributed by atoms with Crippen LogP contribution in [-0.2, 0) is 16.1 Å². The number of hydrogen-bond donors (Lipinski definition) is 3. The summed E-state index contributed by atoms with van der Waals surface area (Å²) >= 11 is 0. The number of rotatable bonds is 10. The molecule has 24 heavy (non-hydrogen) atoms. The molecule has 130 valence electrons. The summed E-state index contributed by atoms with van der Waals surface area (Å²) in [5.41, 5.74) is 0.886. The first kappa shape index (κ1) is 19.5. The first-order valence-corrected chi connectivity index (χ1v) is 7.96. The van der Waals surface area contributed by atoms with Crippen molar-refractivity contribution in [2.24, 2.45) is 0 Å². The van der Waals surface area contributed by atoms with Gasteiger partial charge in [0.15, 0.2) is 0 Å². The third-order valence-corrected chi connectivity index (χ3v) is 3.18. The van der Waals surface area contributed by atoms with Crippen LogP contribution in [-0.4, -0.2) is 37.7 Å². The van der Waals surface area contributed by atoms with E-state index in [0.29, 0.717) is 6.54 Å². The van der Waals surface area contributed by atoms with E-state index in [4.69, 9.17) is 10.00 Å². The van der Waals surface area contributed by atoms with Crippen LogP contribution in [0, 0.1) is 11.3 Å². The topological polar surface area (TPSA) is 103 Å². The van der Waals surface area contributed by atoms with Crippen molar-refractivity contribution >= 4 is 12.0 Å². The van der Waals surface area contributed by atoms with Crippen LogP contribution in [0.1, 0.15) is 25.3 Å². The SMILES string of the molecule is CC(C#N)NCCCCNC(=O)CNC(=O)OCc1ccccc1. The molecule has 1 rings (SSSR count). The molecule has 0 heterocycles. The van der Waals surface area contributed by atoms with E-state index in [1.807, 2.05) is 30.3 Å². The lowest BCUT2D eigenvalue weighted by Crippen LogP contribution is -2.37.